The quantitative estimate of drug-likeness (QED) is 0.351. The topological polar surface area (TPSA) is 88.1 Å². The Morgan fingerprint density at radius 3 is 1.72 bits per heavy atom. The summed E-state index contributed by atoms with van der Waals surface area (Å²) < 4.78 is 10.8. The van der Waals surface area contributed by atoms with Crippen LogP contribution in [0, 0.1) is 0 Å². The van der Waals surface area contributed by atoms with Gasteiger partial charge in [-0.1, -0.05) is 60.3 Å². The van der Waals surface area contributed by atoms with Crippen molar-refractivity contribution in [3.63, 3.8) is 0 Å². The summed E-state index contributed by atoms with van der Waals surface area (Å²) in [6, 6.07) is 14.8. The molecule has 2 atom stereocenters. The van der Waals surface area contributed by atoms with E-state index in [4.69, 9.17) is 55.9 Å². The number of carboxylic acids is 1. The lowest BCUT2D eigenvalue weighted by Gasteiger charge is -2.45. The first kappa shape index (κ1) is 34.3. The second kappa shape index (κ2) is 16.1. The molecule has 4 aliphatic rings. The molecule has 236 valence electrons. The predicted octanol–water partition coefficient (Wildman–Crippen LogP) is 6.29. The highest BCUT2D eigenvalue weighted by atomic mass is 35.5. The van der Waals surface area contributed by atoms with Crippen molar-refractivity contribution in [3.05, 3.63) is 69.7 Å². The molecule has 2 aromatic carbocycles. The summed E-state index contributed by atoms with van der Waals surface area (Å²) in [7, 11) is 0. The van der Waals surface area contributed by atoms with Gasteiger partial charge in [-0.3, -0.25) is 9.59 Å². The Morgan fingerprint density at radius 2 is 1.33 bits per heavy atom. The first-order chi connectivity index (χ1) is 20.7. The standard InChI is InChI=1S/C16H19Cl2NO2.C11H11ClO2.C5H10ClNO/c17-10-14-11-19(8-9-21-14)15(20)16(6-1-7-16)12-2-4-13(18)5-3-12;12-9-4-2-8(3-5-9)11(10(13)14)6-1-7-11;6-3-5-4-7-1-2-8-5/h2-5,14H,1,6-11H2;2-5H,1,6-7H2,(H,13,14);5,7H,1-4H2. The summed E-state index contributed by atoms with van der Waals surface area (Å²) in [5.41, 5.74) is 0.960. The average molecular weight is 674 g/mol. The van der Waals surface area contributed by atoms with Crippen LogP contribution in [-0.4, -0.2) is 85.2 Å². The number of rotatable bonds is 6. The molecule has 1 amide bonds. The first-order valence-corrected chi connectivity index (χ1v) is 16.7. The van der Waals surface area contributed by atoms with Crippen LogP contribution in [0.15, 0.2) is 48.5 Å². The van der Waals surface area contributed by atoms with Crippen molar-refractivity contribution in [2.45, 2.75) is 61.6 Å². The monoisotopic (exact) mass is 672 g/mol. The average Bonchev–Trinajstić information content (AvgIpc) is 2.99. The van der Waals surface area contributed by atoms with E-state index in [1.54, 1.807) is 12.1 Å². The highest BCUT2D eigenvalue weighted by Crippen LogP contribution is 2.46. The number of aliphatic carboxylic acids is 1. The van der Waals surface area contributed by atoms with E-state index in [2.05, 4.69) is 5.32 Å². The van der Waals surface area contributed by atoms with Crippen LogP contribution in [0.25, 0.3) is 0 Å². The molecule has 7 nitrogen and oxygen atoms in total. The molecule has 6 rings (SSSR count). The predicted molar refractivity (Wildman–Crippen MR) is 172 cm³/mol. The van der Waals surface area contributed by atoms with E-state index in [-0.39, 0.29) is 23.5 Å². The fourth-order valence-corrected chi connectivity index (χ4v) is 6.51. The van der Waals surface area contributed by atoms with E-state index < -0.39 is 11.4 Å². The van der Waals surface area contributed by atoms with Crippen LogP contribution in [0.3, 0.4) is 0 Å². The van der Waals surface area contributed by atoms with Crippen LogP contribution < -0.4 is 5.32 Å². The molecule has 0 aromatic heterocycles. The highest BCUT2D eigenvalue weighted by Gasteiger charge is 2.48. The Morgan fingerprint density at radius 1 is 0.814 bits per heavy atom. The number of halogens is 4. The molecule has 2 aliphatic heterocycles. The number of alkyl halides is 2. The van der Waals surface area contributed by atoms with Gasteiger partial charge in [-0.15, -0.1) is 23.2 Å². The van der Waals surface area contributed by atoms with Crippen LogP contribution in [-0.2, 0) is 29.9 Å². The van der Waals surface area contributed by atoms with Gasteiger partial charge in [-0.25, -0.2) is 0 Å². The number of carboxylic acid groups (broad SMARTS) is 1. The SMILES string of the molecule is ClCC1CNCCO1.O=C(N1CCOC(CCl)C1)C1(c2ccc(Cl)cc2)CCC1.O=C(O)C1(c2ccc(Cl)cc2)CCC1. The van der Waals surface area contributed by atoms with E-state index in [9.17, 15) is 14.7 Å². The second-order valence-electron chi connectivity index (χ2n) is 11.4. The molecule has 2 unspecified atom stereocenters. The summed E-state index contributed by atoms with van der Waals surface area (Å²) in [4.78, 5) is 26.1. The summed E-state index contributed by atoms with van der Waals surface area (Å²) >= 11 is 23.1. The molecule has 0 bridgehead atoms. The van der Waals surface area contributed by atoms with Crippen molar-refractivity contribution < 1.29 is 24.2 Å². The van der Waals surface area contributed by atoms with Crippen molar-refractivity contribution >= 4 is 58.3 Å². The zero-order chi connectivity index (χ0) is 30.9. The molecule has 2 N–H and O–H groups in total. The Balaban J connectivity index is 0.000000165. The molecule has 2 heterocycles. The van der Waals surface area contributed by atoms with E-state index >= 15 is 0 Å². The Kier molecular flexibility index (Phi) is 12.9. The smallest absolute Gasteiger partial charge is 0.314 e. The number of nitrogens with one attached hydrogen (secondary N) is 1. The van der Waals surface area contributed by atoms with Crippen molar-refractivity contribution in [1.29, 1.82) is 0 Å². The third-order valence-electron chi connectivity index (χ3n) is 8.80. The maximum atomic E-state index is 13.0. The molecule has 0 spiro atoms. The van der Waals surface area contributed by atoms with Crippen molar-refractivity contribution in [2.24, 2.45) is 0 Å². The lowest BCUT2D eigenvalue weighted by atomic mass is 9.63. The Hall–Kier alpha value is -1.58. The zero-order valence-corrected chi connectivity index (χ0v) is 27.2. The number of hydrogen-bond acceptors (Lipinski definition) is 5. The van der Waals surface area contributed by atoms with E-state index in [1.807, 2.05) is 41.3 Å². The van der Waals surface area contributed by atoms with Gasteiger partial charge in [0.15, 0.2) is 0 Å². The minimum atomic E-state index is -0.717. The minimum absolute atomic E-state index is 0.0493. The number of amides is 1. The van der Waals surface area contributed by atoms with Crippen LogP contribution in [0.5, 0.6) is 0 Å². The van der Waals surface area contributed by atoms with Gasteiger partial charge in [0, 0.05) is 42.1 Å². The Bertz CT molecular complexity index is 1180. The maximum absolute atomic E-state index is 13.0. The maximum Gasteiger partial charge on any atom is 0.314 e. The largest absolute Gasteiger partial charge is 0.481 e. The molecule has 2 saturated carbocycles. The Labute approximate surface area is 274 Å². The highest BCUT2D eigenvalue weighted by molar-refractivity contribution is 6.30. The molecule has 2 saturated heterocycles. The lowest BCUT2D eigenvalue weighted by Crippen LogP contribution is -2.56. The van der Waals surface area contributed by atoms with E-state index in [0.29, 0.717) is 41.5 Å². The normalized spacial score (nSPS) is 23.7. The van der Waals surface area contributed by atoms with Crippen molar-refractivity contribution in [1.82, 2.24) is 10.2 Å². The lowest BCUT2D eigenvalue weighted by molar-refractivity contribution is -0.148. The summed E-state index contributed by atoms with van der Waals surface area (Å²) in [6.07, 6.45) is 5.59. The summed E-state index contributed by atoms with van der Waals surface area (Å²) in [5, 5.41) is 13.7. The molecule has 0 radical (unpaired) electrons. The zero-order valence-electron chi connectivity index (χ0n) is 24.2. The minimum Gasteiger partial charge on any atom is -0.481 e. The van der Waals surface area contributed by atoms with E-state index in [0.717, 1.165) is 69.3 Å². The fraction of sp³-hybridized carbons (Fsp3) is 0.562. The van der Waals surface area contributed by atoms with Crippen LogP contribution in [0.1, 0.15) is 49.7 Å². The number of benzene rings is 2. The van der Waals surface area contributed by atoms with Crippen molar-refractivity contribution in [3.8, 4) is 0 Å². The fourth-order valence-electron chi connectivity index (χ4n) is 5.87. The van der Waals surface area contributed by atoms with Gasteiger partial charge in [-0.05, 0) is 61.1 Å². The van der Waals surface area contributed by atoms with Crippen LogP contribution >= 0.6 is 46.4 Å². The van der Waals surface area contributed by atoms with Gasteiger partial charge in [0.1, 0.15) is 0 Å². The van der Waals surface area contributed by atoms with Gasteiger partial charge < -0.3 is 24.8 Å². The second-order valence-corrected chi connectivity index (χ2v) is 12.9. The molecule has 2 aromatic rings. The summed E-state index contributed by atoms with van der Waals surface area (Å²) in [5.74, 6) is 0.533. The third kappa shape index (κ3) is 8.37. The number of hydrogen-bond donors (Lipinski definition) is 2. The van der Waals surface area contributed by atoms with Gasteiger partial charge in [-0.2, -0.15) is 0 Å². The summed E-state index contributed by atoms with van der Waals surface area (Å²) in [6.45, 7) is 4.49. The number of carbonyl (C=O) groups excluding carboxylic acids is 1. The van der Waals surface area contributed by atoms with Gasteiger partial charge >= 0.3 is 5.97 Å². The van der Waals surface area contributed by atoms with Crippen LogP contribution in [0.2, 0.25) is 10.0 Å². The van der Waals surface area contributed by atoms with Crippen molar-refractivity contribution in [2.75, 3.05) is 51.2 Å². The van der Waals surface area contributed by atoms with Gasteiger partial charge in [0.05, 0.1) is 42.1 Å². The van der Waals surface area contributed by atoms with Crippen LogP contribution in [0.4, 0.5) is 0 Å². The first-order valence-electron chi connectivity index (χ1n) is 14.8. The molecule has 43 heavy (non-hydrogen) atoms. The van der Waals surface area contributed by atoms with E-state index in [1.165, 1.54) is 0 Å². The number of morpholine rings is 2. The molecular formula is C32H40Cl4N2O5. The van der Waals surface area contributed by atoms with Gasteiger partial charge in [0.2, 0.25) is 5.91 Å². The molecule has 2 aliphatic carbocycles. The number of nitrogens with zero attached hydrogens (tertiary/aromatic N) is 1. The van der Waals surface area contributed by atoms with Gasteiger partial charge in [0.25, 0.3) is 0 Å². The third-order valence-corrected chi connectivity index (χ3v) is 9.99. The number of ether oxygens (including phenoxy) is 2. The molecule has 11 heteroatoms. The molecule has 4 fully saturated rings. The molecular weight excluding hydrogens is 634 g/mol. The number of carbonyl (C=O) groups is 2.